The second-order valence-electron chi connectivity index (χ2n) is 6.24. The average molecular weight is 362 g/mol. The summed E-state index contributed by atoms with van der Waals surface area (Å²) >= 11 is 0. The van der Waals surface area contributed by atoms with E-state index in [0.717, 1.165) is 20.4 Å². The Morgan fingerprint density at radius 2 is 1.85 bits per heavy atom. The summed E-state index contributed by atoms with van der Waals surface area (Å²) < 4.78 is 5.27. The molecular weight excluding hydrogens is 344 g/mol. The van der Waals surface area contributed by atoms with Crippen LogP contribution in [0.1, 0.15) is 27.6 Å². The smallest absolute Gasteiger partial charge is 0.175 e. The number of carbonyl (C=O) groups is 2. The number of ketones is 2. The molecule has 0 fully saturated rings. The molecule has 0 saturated carbocycles. The molecule has 4 heteroatoms. The van der Waals surface area contributed by atoms with E-state index in [2.05, 4.69) is 18.2 Å². The molecule has 2 aromatic carbocycles. The van der Waals surface area contributed by atoms with Crippen LogP contribution in [0.3, 0.4) is 0 Å². The highest BCUT2D eigenvalue weighted by atomic mass is 32.2. The Morgan fingerprint density at radius 1 is 1.08 bits per heavy atom. The molecule has 0 aromatic heterocycles. The quantitative estimate of drug-likeness (QED) is 0.587. The van der Waals surface area contributed by atoms with Gasteiger partial charge in [-0.3, -0.25) is 9.59 Å². The third-order valence-corrected chi connectivity index (χ3v) is 7.07. The molecular formula is C22H18O3S. The number of allylic oxidation sites excluding steroid dienone is 4. The van der Waals surface area contributed by atoms with Gasteiger partial charge in [0.25, 0.3) is 0 Å². The minimum atomic E-state index is -0.361. The Bertz CT molecular complexity index is 1010. The number of carbonyl (C=O) groups excluding carboxylic acids is 2. The van der Waals surface area contributed by atoms with Crippen LogP contribution in [0.25, 0.3) is 0 Å². The average Bonchev–Trinajstić information content (AvgIpc) is 2.68. The number of methoxy groups -OCH3 is 1. The highest BCUT2D eigenvalue weighted by molar-refractivity contribution is 8.16. The Hall–Kier alpha value is -2.72. The maximum absolute atomic E-state index is 13.1. The highest BCUT2D eigenvalue weighted by Crippen LogP contribution is 2.46. The molecule has 26 heavy (non-hydrogen) atoms. The molecule has 2 unspecified atom stereocenters. The molecule has 0 amide bonds. The van der Waals surface area contributed by atoms with Crippen LogP contribution in [0.4, 0.5) is 0 Å². The summed E-state index contributed by atoms with van der Waals surface area (Å²) in [6.07, 6.45) is 7.90. The van der Waals surface area contributed by atoms with Gasteiger partial charge < -0.3 is 4.74 Å². The van der Waals surface area contributed by atoms with Crippen LogP contribution in [-0.4, -0.2) is 23.5 Å². The molecule has 4 rings (SSSR count). The zero-order valence-electron chi connectivity index (χ0n) is 14.6. The molecule has 0 saturated heterocycles. The van der Waals surface area contributed by atoms with Crippen molar-refractivity contribution >= 4 is 26.9 Å². The predicted octanol–water partition coefficient (Wildman–Crippen LogP) is 4.70. The van der Waals surface area contributed by atoms with Crippen molar-refractivity contribution in [1.29, 1.82) is 0 Å². The molecule has 2 aliphatic rings. The summed E-state index contributed by atoms with van der Waals surface area (Å²) in [5.41, 5.74) is 1.24. The van der Waals surface area contributed by atoms with E-state index in [1.807, 2.05) is 42.5 Å². The van der Waals surface area contributed by atoms with Gasteiger partial charge in [-0.15, -0.1) is 10.5 Å². The van der Waals surface area contributed by atoms with Crippen LogP contribution in [-0.2, 0) is 0 Å². The van der Waals surface area contributed by atoms with Gasteiger partial charge in [-0.1, -0.05) is 30.4 Å². The zero-order valence-corrected chi connectivity index (χ0v) is 15.4. The fraction of sp³-hybridized carbons (Fsp3) is 0.136. The molecule has 2 aromatic rings. The number of rotatable bonds is 3. The van der Waals surface area contributed by atoms with Crippen molar-refractivity contribution in [2.75, 3.05) is 7.11 Å². The van der Waals surface area contributed by atoms with Gasteiger partial charge in [-0.05, 0) is 48.2 Å². The van der Waals surface area contributed by atoms with E-state index in [0.29, 0.717) is 11.1 Å². The van der Waals surface area contributed by atoms with Gasteiger partial charge in [0.2, 0.25) is 0 Å². The maximum atomic E-state index is 13.1. The van der Waals surface area contributed by atoms with Gasteiger partial charge in [-0.25, -0.2) is 0 Å². The lowest BCUT2D eigenvalue weighted by molar-refractivity contribution is 0.0969. The standard InChI is InChI=1S/C22H18O3S/c1-14(23)15-7-12-21-19(13-15)22(24)18-5-3-4-6-20(18)26(21)17-10-8-16(25-2)9-11-17/h3-13,18H,1-2H3. The predicted molar refractivity (Wildman–Crippen MR) is 105 cm³/mol. The Morgan fingerprint density at radius 3 is 2.54 bits per heavy atom. The van der Waals surface area contributed by atoms with Crippen molar-refractivity contribution in [2.24, 2.45) is 5.92 Å². The van der Waals surface area contributed by atoms with E-state index in [1.54, 1.807) is 13.2 Å². The van der Waals surface area contributed by atoms with Crippen molar-refractivity contribution in [1.82, 2.24) is 0 Å². The van der Waals surface area contributed by atoms with Gasteiger partial charge >= 0.3 is 0 Å². The summed E-state index contributed by atoms with van der Waals surface area (Å²) in [6.45, 7) is 1.53. The van der Waals surface area contributed by atoms with Crippen molar-refractivity contribution in [2.45, 2.75) is 16.7 Å². The fourth-order valence-corrected chi connectivity index (χ4v) is 5.75. The van der Waals surface area contributed by atoms with Gasteiger partial charge in [-0.2, -0.15) is 0 Å². The van der Waals surface area contributed by atoms with Gasteiger partial charge in [0, 0.05) is 20.9 Å². The second-order valence-corrected chi connectivity index (χ2v) is 8.23. The van der Waals surface area contributed by atoms with E-state index < -0.39 is 0 Å². The van der Waals surface area contributed by atoms with Crippen molar-refractivity contribution < 1.29 is 14.3 Å². The Balaban J connectivity index is 1.97. The first-order valence-electron chi connectivity index (χ1n) is 8.39. The van der Waals surface area contributed by atoms with E-state index in [4.69, 9.17) is 4.74 Å². The van der Waals surface area contributed by atoms with E-state index in [1.165, 1.54) is 6.92 Å². The summed E-state index contributed by atoms with van der Waals surface area (Å²) in [5.74, 6) is 0.577. The number of benzene rings is 2. The number of hydrogen-bond donors (Lipinski definition) is 0. The van der Waals surface area contributed by atoms with E-state index in [9.17, 15) is 9.59 Å². The first-order chi connectivity index (χ1) is 12.6. The van der Waals surface area contributed by atoms with E-state index >= 15 is 0 Å². The van der Waals surface area contributed by atoms with Gasteiger partial charge in [0.05, 0.1) is 13.0 Å². The van der Waals surface area contributed by atoms with E-state index in [-0.39, 0.29) is 28.0 Å². The molecule has 1 aliphatic heterocycles. The van der Waals surface area contributed by atoms with Crippen molar-refractivity contribution in [3.05, 3.63) is 77.9 Å². The van der Waals surface area contributed by atoms with Gasteiger partial charge in [0.1, 0.15) is 5.75 Å². The van der Waals surface area contributed by atoms with Crippen LogP contribution in [0, 0.1) is 5.92 Å². The largest absolute Gasteiger partial charge is 0.497 e. The molecule has 0 bridgehead atoms. The third-order valence-electron chi connectivity index (χ3n) is 4.67. The molecule has 1 aliphatic carbocycles. The first kappa shape index (κ1) is 16.7. The van der Waals surface area contributed by atoms with Crippen LogP contribution in [0.2, 0.25) is 0 Å². The SMILES string of the molecule is COc1ccc(S2=C3C=CC=CC3C(=O)c3cc(C(C)=O)ccc32)cc1. The van der Waals surface area contributed by atoms with Crippen LogP contribution in [0.5, 0.6) is 5.75 Å². The highest BCUT2D eigenvalue weighted by Gasteiger charge is 2.33. The zero-order chi connectivity index (χ0) is 18.3. The van der Waals surface area contributed by atoms with Crippen molar-refractivity contribution in [3.63, 3.8) is 0 Å². The molecule has 2 atom stereocenters. The molecule has 0 radical (unpaired) electrons. The summed E-state index contributed by atoms with van der Waals surface area (Å²) in [4.78, 5) is 28.1. The maximum Gasteiger partial charge on any atom is 0.175 e. The molecule has 0 N–H and O–H groups in total. The molecule has 1 heterocycles. The molecule has 130 valence electrons. The van der Waals surface area contributed by atoms with Crippen molar-refractivity contribution in [3.8, 4) is 5.75 Å². The normalized spacial score (nSPS) is 20.5. The number of hydrogen-bond acceptors (Lipinski definition) is 3. The number of fused-ring (bicyclic) bond motifs is 2. The lowest BCUT2D eigenvalue weighted by Gasteiger charge is -2.29. The molecule has 3 nitrogen and oxygen atoms in total. The lowest BCUT2D eigenvalue weighted by Crippen LogP contribution is -2.27. The van der Waals surface area contributed by atoms with Crippen LogP contribution >= 0.6 is 10.5 Å². The minimum absolute atomic E-state index is 0.0289. The second kappa shape index (κ2) is 6.54. The van der Waals surface area contributed by atoms with Gasteiger partial charge in [0.15, 0.2) is 11.6 Å². The number of ether oxygens (including phenoxy) is 1. The first-order valence-corrected chi connectivity index (χ1v) is 9.62. The minimum Gasteiger partial charge on any atom is -0.497 e. The molecule has 0 spiro atoms. The summed E-state index contributed by atoms with van der Waals surface area (Å²) in [6, 6.07) is 13.5. The third kappa shape index (κ3) is 2.67. The van der Waals surface area contributed by atoms with Crippen LogP contribution < -0.4 is 4.74 Å². The monoisotopic (exact) mass is 362 g/mol. The Labute approximate surface area is 154 Å². The lowest BCUT2D eigenvalue weighted by atomic mass is 9.90. The Kier molecular flexibility index (Phi) is 4.21. The summed E-state index contributed by atoms with van der Waals surface area (Å²) in [7, 11) is 1.29. The number of Topliss-reactive ketones (excluding diaryl/α,β-unsaturated/α-hetero) is 2. The summed E-state index contributed by atoms with van der Waals surface area (Å²) in [5, 5.41) is 0. The topological polar surface area (TPSA) is 43.4 Å². The fourth-order valence-electron chi connectivity index (χ4n) is 3.32. The van der Waals surface area contributed by atoms with Crippen LogP contribution in [0.15, 0.2) is 76.6 Å².